The molecule has 1 saturated heterocycles. The molecule has 0 aromatic heterocycles. The summed E-state index contributed by atoms with van der Waals surface area (Å²) >= 11 is 5.70. The van der Waals surface area contributed by atoms with Crippen LogP contribution in [0.2, 0.25) is 5.02 Å². The van der Waals surface area contributed by atoms with Crippen molar-refractivity contribution in [2.24, 2.45) is 0 Å². The molecule has 1 heterocycles. The van der Waals surface area contributed by atoms with Crippen molar-refractivity contribution in [2.45, 2.75) is 0 Å². The van der Waals surface area contributed by atoms with Crippen molar-refractivity contribution < 1.29 is 24.4 Å². The van der Waals surface area contributed by atoms with Crippen molar-refractivity contribution in [1.29, 1.82) is 0 Å². The van der Waals surface area contributed by atoms with Crippen LogP contribution in [0.1, 0.15) is 0 Å². The molecule has 23 heavy (non-hydrogen) atoms. The van der Waals surface area contributed by atoms with E-state index in [0.29, 0.717) is 5.02 Å². The number of rotatable bonds is 3. The zero-order chi connectivity index (χ0) is 17.1. The second kappa shape index (κ2) is 6.53. The molecular formula is C13H12ClN3O6. The number of carboxylic acid groups (broad SMARTS) is 1. The van der Waals surface area contributed by atoms with Gasteiger partial charge in [0, 0.05) is 25.2 Å². The Labute approximate surface area is 135 Å². The molecule has 0 saturated carbocycles. The highest BCUT2D eigenvalue weighted by atomic mass is 35.5. The van der Waals surface area contributed by atoms with Crippen molar-refractivity contribution >= 4 is 23.7 Å². The predicted octanol–water partition coefficient (Wildman–Crippen LogP) is 1.62. The molecule has 1 aliphatic rings. The Morgan fingerprint density at radius 3 is 2.43 bits per heavy atom. The van der Waals surface area contributed by atoms with Gasteiger partial charge in [0.15, 0.2) is 0 Å². The standard InChI is InChI=1S/C13H12ClN3O6/c1-15-6-7-16(13(19)20)11(15)10(17(21)22)12(18)23-9-4-2-8(14)3-5-9/h2-5H,6-7H2,1H3,(H,19,20). The number of carbonyl (C=O) groups is 2. The Morgan fingerprint density at radius 2 is 1.91 bits per heavy atom. The molecule has 1 amide bonds. The van der Waals surface area contributed by atoms with E-state index >= 15 is 0 Å². The van der Waals surface area contributed by atoms with Crippen LogP contribution in [-0.4, -0.2) is 52.0 Å². The molecule has 1 aromatic rings. The lowest BCUT2D eigenvalue weighted by Crippen LogP contribution is -2.32. The first-order valence-corrected chi connectivity index (χ1v) is 6.77. The van der Waals surface area contributed by atoms with E-state index in [0.717, 1.165) is 4.90 Å². The van der Waals surface area contributed by atoms with Crippen molar-refractivity contribution in [1.82, 2.24) is 9.80 Å². The van der Waals surface area contributed by atoms with E-state index in [1.807, 2.05) is 0 Å². The minimum Gasteiger partial charge on any atom is -0.465 e. The van der Waals surface area contributed by atoms with Crippen LogP contribution in [0.4, 0.5) is 4.79 Å². The average molecular weight is 342 g/mol. The lowest BCUT2D eigenvalue weighted by Gasteiger charge is -2.17. The van der Waals surface area contributed by atoms with Crippen molar-refractivity contribution in [3.8, 4) is 5.75 Å². The number of hydrogen-bond donors (Lipinski definition) is 1. The molecule has 0 aliphatic carbocycles. The Bertz CT molecular complexity index is 687. The van der Waals surface area contributed by atoms with Gasteiger partial charge in [0.05, 0.1) is 4.92 Å². The second-order valence-electron chi connectivity index (χ2n) is 4.63. The van der Waals surface area contributed by atoms with Crippen LogP contribution in [0, 0.1) is 10.1 Å². The third-order valence-electron chi connectivity index (χ3n) is 3.12. The first kappa shape index (κ1) is 16.6. The molecule has 10 heteroatoms. The summed E-state index contributed by atoms with van der Waals surface area (Å²) in [7, 11) is 1.46. The number of halogens is 1. The van der Waals surface area contributed by atoms with Gasteiger partial charge in [0.1, 0.15) is 5.75 Å². The number of likely N-dealkylation sites (N-methyl/N-ethyl adjacent to an activating group) is 1. The van der Waals surface area contributed by atoms with Gasteiger partial charge in [0.2, 0.25) is 5.82 Å². The highest BCUT2D eigenvalue weighted by Crippen LogP contribution is 2.23. The van der Waals surface area contributed by atoms with E-state index in [1.165, 1.54) is 36.2 Å². The minimum absolute atomic E-state index is 0.0206. The number of carbonyl (C=O) groups excluding carboxylic acids is 1. The summed E-state index contributed by atoms with van der Waals surface area (Å²) in [5.41, 5.74) is -0.942. The summed E-state index contributed by atoms with van der Waals surface area (Å²) in [4.78, 5) is 35.7. The molecule has 0 radical (unpaired) electrons. The Balaban J connectivity index is 2.38. The molecule has 0 spiro atoms. The summed E-state index contributed by atoms with van der Waals surface area (Å²) in [5, 5.41) is 20.8. The Kier molecular flexibility index (Phi) is 4.70. The largest absolute Gasteiger partial charge is 0.465 e. The molecular weight excluding hydrogens is 330 g/mol. The summed E-state index contributed by atoms with van der Waals surface area (Å²) in [6.07, 6.45) is -1.39. The Morgan fingerprint density at radius 1 is 1.30 bits per heavy atom. The number of ether oxygens (including phenoxy) is 1. The molecule has 0 bridgehead atoms. The third kappa shape index (κ3) is 3.51. The van der Waals surface area contributed by atoms with E-state index in [4.69, 9.17) is 21.4 Å². The molecule has 1 N–H and O–H groups in total. The van der Waals surface area contributed by atoms with Gasteiger partial charge in [-0.05, 0) is 24.3 Å². The molecule has 9 nitrogen and oxygen atoms in total. The fourth-order valence-corrected chi connectivity index (χ4v) is 2.19. The summed E-state index contributed by atoms with van der Waals surface area (Å²) in [6.45, 7) is 0.250. The number of benzene rings is 1. The van der Waals surface area contributed by atoms with Gasteiger partial charge < -0.3 is 14.7 Å². The first-order valence-electron chi connectivity index (χ1n) is 6.39. The maximum absolute atomic E-state index is 12.1. The van der Waals surface area contributed by atoms with E-state index in [2.05, 4.69) is 0 Å². The average Bonchev–Trinajstić information content (AvgIpc) is 2.83. The van der Waals surface area contributed by atoms with E-state index in [9.17, 15) is 19.7 Å². The molecule has 1 aliphatic heterocycles. The van der Waals surface area contributed by atoms with Gasteiger partial charge in [-0.25, -0.2) is 9.59 Å². The molecule has 122 valence electrons. The van der Waals surface area contributed by atoms with Crippen LogP contribution in [0.25, 0.3) is 0 Å². The van der Waals surface area contributed by atoms with Crippen LogP contribution in [0.15, 0.2) is 35.8 Å². The molecule has 0 unspecified atom stereocenters. The second-order valence-corrected chi connectivity index (χ2v) is 5.06. The lowest BCUT2D eigenvalue weighted by atomic mass is 10.3. The first-order chi connectivity index (χ1) is 10.8. The van der Waals surface area contributed by atoms with Crippen molar-refractivity contribution in [3.63, 3.8) is 0 Å². The van der Waals surface area contributed by atoms with E-state index < -0.39 is 22.7 Å². The number of esters is 1. The number of hydrogen-bond acceptors (Lipinski definition) is 6. The SMILES string of the molecule is CN1CCN(C(=O)O)C1=C(C(=O)Oc1ccc(Cl)cc1)[N+](=O)[O-]. The molecule has 2 rings (SSSR count). The molecule has 0 atom stereocenters. The predicted molar refractivity (Wildman–Crippen MR) is 78.5 cm³/mol. The maximum atomic E-state index is 12.1. The molecule has 1 fully saturated rings. The monoisotopic (exact) mass is 341 g/mol. The van der Waals surface area contributed by atoms with Crippen LogP contribution in [-0.2, 0) is 4.79 Å². The van der Waals surface area contributed by atoms with Gasteiger partial charge in [-0.3, -0.25) is 15.0 Å². The topological polar surface area (TPSA) is 113 Å². The summed E-state index contributed by atoms with van der Waals surface area (Å²) in [6, 6.07) is 5.65. The molecule has 1 aromatic carbocycles. The quantitative estimate of drug-likeness (QED) is 0.292. The smallest absolute Gasteiger partial charge is 0.419 e. The van der Waals surface area contributed by atoms with Gasteiger partial charge in [-0.1, -0.05) is 11.6 Å². The zero-order valence-electron chi connectivity index (χ0n) is 11.9. The summed E-state index contributed by atoms with van der Waals surface area (Å²) < 4.78 is 4.94. The zero-order valence-corrected chi connectivity index (χ0v) is 12.7. The van der Waals surface area contributed by atoms with Gasteiger partial charge in [0.25, 0.3) is 0 Å². The van der Waals surface area contributed by atoms with Gasteiger partial charge in [-0.15, -0.1) is 0 Å². The fraction of sp³-hybridized carbons (Fsp3) is 0.231. The minimum atomic E-state index is -1.39. The van der Waals surface area contributed by atoms with Crippen LogP contribution >= 0.6 is 11.6 Å². The lowest BCUT2D eigenvalue weighted by molar-refractivity contribution is -0.423. The van der Waals surface area contributed by atoms with Gasteiger partial charge >= 0.3 is 17.8 Å². The Hall–Kier alpha value is -2.81. The number of nitrogens with zero attached hydrogens (tertiary/aromatic N) is 3. The van der Waals surface area contributed by atoms with Crippen molar-refractivity contribution in [3.05, 3.63) is 50.9 Å². The normalized spacial score (nSPS) is 16.3. The highest BCUT2D eigenvalue weighted by molar-refractivity contribution is 6.30. The van der Waals surface area contributed by atoms with E-state index in [1.54, 1.807) is 0 Å². The fourth-order valence-electron chi connectivity index (χ4n) is 2.07. The maximum Gasteiger partial charge on any atom is 0.419 e. The van der Waals surface area contributed by atoms with Gasteiger partial charge in [-0.2, -0.15) is 0 Å². The summed E-state index contributed by atoms with van der Waals surface area (Å²) in [5.74, 6) is -1.52. The van der Waals surface area contributed by atoms with Crippen LogP contribution in [0.3, 0.4) is 0 Å². The number of nitro groups is 1. The van der Waals surface area contributed by atoms with Crippen LogP contribution in [0.5, 0.6) is 5.75 Å². The number of amides is 1. The van der Waals surface area contributed by atoms with E-state index in [-0.39, 0.29) is 24.7 Å². The van der Waals surface area contributed by atoms with Crippen LogP contribution < -0.4 is 4.74 Å². The highest BCUT2D eigenvalue weighted by Gasteiger charge is 2.40. The third-order valence-corrected chi connectivity index (χ3v) is 3.37. The van der Waals surface area contributed by atoms with Crippen molar-refractivity contribution in [2.75, 3.05) is 20.1 Å².